The van der Waals surface area contributed by atoms with Gasteiger partial charge in [0.05, 0.1) is 0 Å². The third-order valence-electron chi connectivity index (χ3n) is 4.08. The van der Waals surface area contributed by atoms with Gasteiger partial charge >= 0.3 is 0 Å². The molecule has 3 heterocycles. The number of allylic oxidation sites excluding steroid dienone is 2. The van der Waals surface area contributed by atoms with Gasteiger partial charge in [-0.15, -0.1) is 5.06 Å². The topological polar surface area (TPSA) is 41.0 Å². The lowest BCUT2D eigenvalue weighted by Gasteiger charge is -2.40. The van der Waals surface area contributed by atoms with Crippen LogP contribution in [0.4, 0.5) is 5.82 Å². The maximum Gasteiger partial charge on any atom is 0.184 e. The molecule has 2 aliphatic rings. The third-order valence-corrected chi connectivity index (χ3v) is 4.34. The zero-order chi connectivity index (χ0) is 17.4. The van der Waals surface area contributed by atoms with Gasteiger partial charge in [0.15, 0.2) is 17.8 Å². The summed E-state index contributed by atoms with van der Waals surface area (Å²) in [6, 6.07) is 11.5. The molecule has 2 aliphatic heterocycles. The number of oxime groups is 1. The summed E-state index contributed by atoms with van der Waals surface area (Å²) in [6.07, 6.45) is 7.84. The number of benzene rings is 1. The minimum atomic E-state index is -0.165. The van der Waals surface area contributed by atoms with Crippen LogP contribution >= 0.6 is 11.6 Å². The molecule has 6 heteroatoms. The van der Waals surface area contributed by atoms with Crippen LogP contribution in [0.5, 0.6) is 0 Å². The lowest BCUT2D eigenvalue weighted by molar-refractivity contribution is 0.0557. The molecule has 4 rings (SSSR count). The predicted molar refractivity (Wildman–Crippen MR) is 99.1 cm³/mol. The summed E-state index contributed by atoms with van der Waals surface area (Å²) in [4.78, 5) is 12.2. The molecule has 0 saturated carbocycles. The first kappa shape index (κ1) is 15.7. The van der Waals surface area contributed by atoms with Crippen molar-refractivity contribution < 1.29 is 4.94 Å². The van der Waals surface area contributed by atoms with Crippen LogP contribution in [0.2, 0.25) is 5.02 Å². The second kappa shape index (κ2) is 6.26. The van der Waals surface area contributed by atoms with E-state index in [0.717, 1.165) is 22.5 Å². The van der Waals surface area contributed by atoms with Crippen LogP contribution in [-0.2, 0) is 4.94 Å². The lowest BCUT2D eigenvalue weighted by atomic mass is 10.1. The van der Waals surface area contributed by atoms with Gasteiger partial charge in [0.25, 0.3) is 0 Å². The Morgan fingerprint density at radius 3 is 2.60 bits per heavy atom. The highest BCUT2D eigenvalue weighted by molar-refractivity contribution is 6.30. The number of aromatic nitrogens is 1. The maximum absolute atomic E-state index is 6.00. The first-order valence-electron chi connectivity index (χ1n) is 8.00. The number of rotatable bonds is 2. The van der Waals surface area contributed by atoms with Crippen molar-refractivity contribution in [1.82, 2.24) is 9.88 Å². The molecule has 5 nitrogen and oxygen atoms in total. The summed E-state index contributed by atoms with van der Waals surface area (Å²) in [6.45, 7) is 4.06. The van der Waals surface area contributed by atoms with Crippen molar-refractivity contribution in [2.45, 2.75) is 20.0 Å². The van der Waals surface area contributed by atoms with E-state index < -0.39 is 0 Å². The molecule has 0 N–H and O–H groups in total. The molecule has 0 unspecified atom stereocenters. The van der Waals surface area contributed by atoms with Crippen molar-refractivity contribution in [1.29, 1.82) is 0 Å². The molecule has 0 spiro atoms. The highest BCUT2D eigenvalue weighted by Gasteiger charge is 2.34. The van der Waals surface area contributed by atoms with Crippen LogP contribution in [0, 0.1) is 6.92 Å². The van der Waals surface area contributed by atoms with Crippen molar-refractivity contribution in [3.63, 3.8) is 0 Å². The number of aryl methyl sites for hydroxylation is 1. The Morgan fingerprint density at radius 1 is 1.08 bits per heavy atom. The fraction of sp³-hybridized carbons (Fsp3) is 0.158. The average Bonchev–Trinajstić information content (AvgIpc) is 2.62. The molecular formula is C19H17ClN4O. The lowest BCUT2D eigenvalue weighted by Crippen LogP contribution is -2.52. The van der Waals surface area contributed by atoms with E-state index in [1.54, 1.807) is 5.06 Å². The highest BCUT2D eigenvalue weighted by Crippen LogP contribution is 2.28. The second-order valence-corrected chi connectivity index (χ2v) is 6.51. The van der Waals surface area contributed by atoms with E-state index >= 15 is 0 Å². The molecule has 2 aromatic rings. The number of nitrogens with zero attached hydrogens (tertiary/aromatic N) is 4. The fourth-order valence-electron chi connectivity index (χ4n) is 2.79. The Labute approximate surface area is 151 Å². The minimum absolute atomic E-state index is 0.165. The largest absolute Gasteiger partial charge is 0.302 e. The summed E-state index contributed by atoms with van der Waals surface area (Å²) in [5.41, 5.74) is 3.17. The van der Waals surface area contributed by atoms with E-state index in [1.807, 2.05) is 49.5 Å². The zero-order valence-corrected chi connectivity index (χ0v) is 14.7. The number of hydrogen-bond acceptors (Lipinski definition) is 5. The van der Waals surface area contributed by atoms with Gasteiger partial charge in [-0.1, -0.05) is 23.7 Å². The Bertz CT molecular complexity index is 871. The number of fused-ring (bicyclic) bond motifs is 1. The smallest absolute Gasteiger partial charge is 0.184 e. The molecular weight excluding hydrogens is 336 g/mol. The fourth-order valence-corrected chi connectivity index (χ4v) is 2.92. The SMILES string of the molecule is CC1=CN2C(c3ccc(Cl)cc3)=NON(c3ccc(C)cn3)[C@H]2C=C1. The molecule has 1 aromatic carbocycles. The van der Waals surface area contributed by atoms with Crippen molar-refractivity contribution in [3.05, 3.63) is 82.7 Å². The van der Waals surface area contributed by atoms with Gasteiger partial charge in [0.1, 0.15) is 0 Å². The quantitative estimate of drug-likeness (QED) is 0.809. The van der Waals surface area contributed by atoms with Gasteiger partial charge < -0.3 is 4.90 Å². The third kappa shape index (κ3) is 2.98. The van der Waals surface area contributed by atoms with E-state index in [0.29, 0.717) is 10.8 Å². The molecule has 0 aliphatic carbocycles. The monoisotopic (exact) mass is 352 g/mol. The number of anilines is 1. The molecule has 1 aromatic heterocycles. The van der Waals surface area contributed by atoms with Crippen molar-refractivity contribution >= 4 is 23.3 Å². The molecule has 0 amide bonds. The van der Waals surface area contributed by atoms with E-state index in [2.05, 4.69) is 40.3 Å². The Kier molecular flexibility index (Phi) is 3.93. The Balaban J connectivity index is 1.74. The Morgan fingerprint density at radius 2 is 1.88 bits per heavy atom. The van der Waals surface area contributed by atoms with Gasteiger partial charge in [-0.25, -0.2) is 4.98 Å². The minimum Gasteiger partial charge on any atom is -0.302 e. The van der Waals surface area contributed by atoms with Crippen LogP contribution < -0.4 is 5.06 Å². The zero-order valence-electron chi connectivity index (χ0n) is 13.9. The highest BCUT2D eigenvalue weighted by atomic mass is 35.5. The first-order chi connectivity index (χ1) is 12.1. The van der Waals surface area contributed by atoms with Gasteiger partial charge in [-0.2, -0.15) is 0 Å². The standard InChI is InChI=1S/C19H17ClN4O/c1-13-3-9-17(21-11-13)24-18-10-4-14(2)12-23(18)19(22-25-24)15-5-7-16(20)8-6-15/h3-12,18H,1-2H3/t18-/m0/s1. The van der Waals surface area contributed by atoms with E-state index in [4.69, 9.17) is 16.5 Å². The summed E-state index contributed by atoms with van der Waals surface area (Å²) in [5, 5.41) is 6.72. The predicted octanol–water partition coefficient (Wildman–Crippen LogP) is 4.26. The first-order valence-corrected chi connectivity index (χ1v) is 8.37. The van der Waals surface area contributed by atoms with Crippen LogP contribution in [0.3, 0.4) is 0 Å². The van der Waals surface area contributed by atoms with Crippen LogP contribution in [0.1, 0.15) is 18.1 Å². The van der Waals surface area contributed by atoms with Crippen molar-refractivity contribution in [2.75, 3.05) is 5.06 Å². The van der Waals surface area contributed by atoms with Crippen molar-refractivity contribution in [2.24, 2.45) is 5.16 Å². The summed E-state index contributed by atoms with van der Waals surface area (Å²) in [7, 11) is 0. The van der Waals surface area contributed by atoms with E-state index in [1.165, 1.54) is 0 Å². The van der Waals surface area contributed by atoms with Crippen LogP contribution in [0.15, 0.2) is 71.7 Å². The van der Waals surface area contributed by atoms with E-state index in [9.17, 15) is 0 Å². The molecule has 0 fully saturated rings. The summed E-state index contributed by atoms with van der Waals surface area (Å²) < 4.78 is 0. The molecule has 0 saturated heterocycles. The summed E-state index contributed by atoms with van der Waals surface area (Å²) >= 11 is 6.00. The number of pyridine rings is 1. The molecule has 25 heavy (non-hydrogen) atoms. The average molecular weight is 353 g/mol. The number of hydroxylamine groups is 1. The summed E-state index contributed by atoms with van der Waals surface area (Å²) in [5.74, 6) is 1.44. The molecule has 0 bridgehead atoms. The maximum atomic E-state index is 6.00. The van der Waals surface area contributed by atoms with Gasteiger partial charge in [0.2, 0.25) is 0 Å². The van der Waals surface area contributed by atoms with Crippen LogP contribution in [-0.4, -0.2) is 21.9 Å². The van der Waals surface area contributed by atoms with Gasteiger partial charge in [-0.05, 0) is 66.5 Å². The number of hydrogen-bond donors (Lipinski definition) is 0. The van der Waals surface area contributed by atoms with Crippen LogP contribution in [0.25, 0.3) is 0 Å². The second-order valence-electron chi connectivity index (χ2n) is 6.08. The number of halogens is 1. The molecule has 126 valence electrons. The number of amidine groups is 1. The normalized spacial score (nSPS) is 19.1. The molecule has 1 atom stereocenters. The molecule has 0 radical (unpaired) electrons. The van der Waals surface area contributed by atoms with Crippen molar-refractivity contribution in [3.8, 4) is 0 Å². The van der Waals surface area contributed by atoms with E-state index in [-0.39, 0.29) is 6.17 Å². The van der Waals surface area contributed by atoms with Gasteiger partial charge in [0, 0.05) is 23.0 Å². The Hall–Kier alpha value is -2.79. The van der Waals surface area contributed by atoms with Gasteiger partial charge in [-0.3, -0.25) is 4.94 Å².